The number of benzene rings is 3. The smallest absolute Gasteiger partial charge is 0.321 e. The number of fused-ring (bicyclic) bond motifs is 2. The number of anilines is 1. The zero-order chi connectivity index (χ0) is 28.8. The average molecular weight is 555 g/mol. The molecule has 1 saturated heterocycles. The third-order valence-electron chi connectivity index (χ3n) is 8.43. The number of phenols is 1. The van der Waals surface area contributed by atoms with Crippen molar-refractivity contribution in [2.24, 2.45) is 11.8 Å². The Labute approximate surface area is 242 Å². The molecule has 1 heterocycles. The van der Waals surface area contributed by atoms with E-state index in [1.807, 2.05) is 48.5 Å². The topological polar surface area (TPSA) is 98.1 Å². The molecule has 2 fully saturated rings. The number of nitrogens with zero attached hydrogens (tertiary/aromatic N) is 3. The van der Waals surface area contributed by atoms with E-state index in [2.05, 4.69) is 16.3 Å². The first-order valence-corrected chi connectivity index (χ1v) is 14.3. The van der Waals surface area contributed by atoms with Crippen molar-refractivity contribution in [1.82, 2.24) is 10.2 Å². The second kappa shape index (κ2) is 13.0. The second-order valence-electron chi connectivity index (χ2n) is 11.1. The Kier molecular flexibility index (Phi) is 8.95. The van der Waals surface area contributed by atoms with Crippen LogP contribution >= 0.6 is 0 Å². The molecule has 2 aliphatic rings. The Morgan fingerprint density at radius 2 is 1.66 bits per heavy atom. The SMILES string of the molecule is COc1ccc(N(C)C(=O)NC2C3CCC2CN(CCCC(Oc2ccc(O)cc2)c2ccc(C#N)cc2)C3)cc1. The highest BCUT2D eigenvalue weighted by molar-refractivity contribution is 5.91. The number of methoxy groups -OCH3 is 1. The van der Waals surface area contributed by atoms with E-state index in [0.717, 1.165) is 62.3 Å². The lowest BCUT2D eigenvalue weighted by Crippen LogP contribution is -2.55. The van der Waals surface area contributed by atoms with Gasteiger partial charge in [-0.05, 0) is 110 Å². The number of phenolic OH excluding ortho intramolecular Hbond substituents is 1. The molecule has 2 bridgehead atoms. The van der Waals surface area contributed by atoms with Gasteiger partial charge in [0, 0.05) is 31.9 Å². The monoisotopic (exact) mass is 554 g/mol. The van der Waals surface area contributed by atoms with E-state index in [9.17, 15) is 15.2 Å². The Hall–Kier alpha value is -4.22. The van der Waals surface area contributed by atoms with Crippen LogP contribution in [0.15, 0.2) is 72.8 Å². The van der Waals surface area contributed by atoms with E-state index in [4.69, 9.17) is 9.47 Å². The molecule has 2 N–H and O–H groups in total. The minimum atomic E-state index is -0.158. The number of amides is 2. The van der Waals surface area contributed by atoms with Crippen LogP contribution in [0.25, 0.3) is 0 Å². The number of carbonyl (C=O) groups is 1. The highest BCUT2D eigenvalue weighted by Gasteiger charge is 2.42. The summed E-state index contributed by atoms with van der Waals surface area (Å²) in [7, 11) is 3.44. The van der Waals surface area contributed by atoms with Crippen molar-refractivity contribution in [3.63, 3.8) is 0 Å². The van der Waals surface area contributed by atoms with Gasteiger partial charge in [0.15, 0.2) is 0 Å². The second-order valence-corrected chi connectivity index (χ2v) is 11.1. The highest BCUT2D eigenvalue weighted by Crippen LogP contribution is 2.37. The van der Waals surface area contributed by atoms with Crippen molar-refractivity contribution in [2.75, 3.05) is 38.7 Å². The zero-order valence-corrected chi connectivity index (χ0v) is 23.7. The summed E-state index contributed by atoms with van der Waals surface area (Å²) in [4.78, 5) is 17.3. The molecule has 214 valence electrons. The maximum absolute atomic E-state index is 13.1. The number of ether oxygens (including phenoxy) is 2. The highest BCUT2D eigenvalue weighted by atomic mass is 16.5. The predicted molar refractivity (Wildman–Crippen MR) is 158 cm³/mol. The van der Waals surface area contributed by atoms with Crippen molar-refractivity contribution in [1.29, 1.82) is 5.26 Å². The molecule has 3 aromatic rings. The van der Waals surface area contributed by atoms with E-state index in [0.29, 0.717) is 23.1 Å². The molecule has 0 spiro atoms. The number of piperidine rings is 1. The van der Waals surface area contributed by atoms with Gasteiger partial charge in [-0.3, -0.25) is 4.90 Å². The number of rotatable bonds is 10. The molecule has 1 aliphatic heterocycles. The first-order valence-electron chi connectivity index (χ1n) is 14.3. The molecule has 3 unspecified atom stereocenters. The Morgan fingerprint density at radius 3 is 2.27 bits per heavy atom. The van der Waals surface area contributed by atoms with Crippen molar-refractivity contribution < 1.29 is 19.4 Å². The largest absolute Gasteiger partial charge is 0.508 e. The summed E-state index contributed by atoms with van der Waals surface area (Å²) in [5.74, 6) is 2.57. The van der Waals surface area contributed by atoms with Crippen molar-refractivity contribution in [3.05, 3.63) is 83.9 Å². The van der Waals surface area contributed by atoms with Gasteiger partial charge in [-0.15, -0.1) is 0 Å². The number of nitrogens with one attached hydrogen (secondary N) is 1. The first kappa shape index (κ1) is 28.3. The molecule has 5 rings (SSSR count). The van der Waals surface area contributed by atoms with Crippen LogP contribution in [-0.4, -0.2) is 55.9 Å². The molecule has 1 saturated carbocycles. The third-order valence-corrected chi connectivity index (χ3v) is 8.43. The van der Waals surface area contributed by atoms with Crippen molar-refractivity contribution in [2.45, 2.75) is 37.8 Å². The minimum Gasteiger partial charge on any atom is -0.508 e. The molecule has 41 heavy (non-hydrogen) atoms. The predicted octanol–water partition coefficient (Wildman–Crippen LogP) is 5.73. The van der Waals surface area contributed by atoms with E-state index in [-0.39, 0.29) is 23.9 Å². The van der Waals surface area contributed by atoms with Crippen LogP contribution in [0.5, 0.6) is 17.2 Å². The normalized spacial score (nSPS) is 20.6. The number of hydrogen-bond acceptors (Lipinski definition) is 6. The summed E-state index contributed by atoms with van der Waals surface area (Å²) in [5, 5.41) is 22.2. The van der Waals surface area contributed by atoms with Crippen molar-refractivity contribution in [3.8, 4) is 23.3 Å². The number of nitriles is 1. The van der Waals surface area contributed by atoms with Crippen LogP contribution in [0.3, 0.4) is 0 Å². The molecule has 8 nitrogen and oxygen atoms in total. The molecule has 0 aromatic heterocycles. The fourth-order valence-corrected chi connectivity index (χ4v) is 6.16. The standard InChI is InChI=1S/C33H38N4O4/c1-36(27-11-15-29(40-2)16-12-27)33(39)35-32-25-9-10-26(32)22-37(21-25)19-3-4-31(24-7-5-23(20-34)6-8-24)41-30-17-13-28(38)14-18-30/h5-8,11-18,25-26,31-32,38H,3-4,9-10,19,21-22H2,1-2H3,(H,35,39). The number of carbonyl (C=O) groups excluding carboxylic acids is 1. The Balaban J connectivity index is 1.15. The quantitative estimate of drug-likeness (QED) is 0.332. The van der Waals surface area contributed by atoms with Gasteiger partial charge in [0.25, 0.3) is 0 Å². The molecule has 3 atom stereocenters. The lowest BCUT2D eigenvalue weighted by molar-refractivity contribution is 0.122. The number of urea groups is 1. The van der Waals surface area contributed by atoms with Crippen LogP contribution in [-0.2, 0) is 0 Å². The minimum absolute atomic E-state index is 0.0674. The van der Waals surface area contributed by atoms with Crippen LogP contribution in [0, 0.1) is 23.2 Å². The van der Waals surface area contributed by atoms with E-state index >= 15 is 0 Å². The molecule has 2 amide bonds. The van der Waals surface area contributed by atoms with Crippen LogP contribution in [0.1, 0.15) is 42.9 Å². The molecule has 8 heteroatoms. The maximum Gasteiger partial charge on any atom is 0.321 e. The van der Waals surface area contributed by atoms with E-state index in [1.165, 1.54) is 0 Å². The number of aromatic hydroxyl groups is 1. The van der Waals surface area contributed by atoms with Gasteiger partial charge in [0.05, 0.1) is 18.7 Å². The molecular formula is C33H38N4O4. The van der Waals surface area contributed by atoms with Crippen LogP contribution < -0.4 is 19.7 Å². The summed E-state index contributed by atoms with van der Waals surface area (Å²) in [6.07, 6.45) is 3.89. The van der Waals surface area contributed by atoms with Gasteiger partial charge in [0.2, 0.25) is 0 Å². The lowest BCUT2D eigenvalue weighted by Gasteiger charge is -2.39. The Morgan fingerprint density at radius 1 is 1.02 bits per heavy atom. The fourth-order valence-electron chi connectivity index (χ4n) is 6.16. The van der Waals surface area contributed by atoms with Crippen LogP contribution in [0.2, 0.25) is 0 Å². The van der Waals surface area contributed by atoms with E-state index in [1.54, 1.807) is 43.3 Å². The molecule has 1 aliphatic carbocycles. The van der Waals surface area contributed by atoms with Crippen molar-refractivity contribution >= 4 is 11.7 Å². The van der Waals surface area contributed by atoms with Gasteiger partial charge < -0.3 is 24.8 Å². The third kappa shape index (κ3) is 6.93. The van der Waals surface area contributed by atoms with Gasteiger partial charge in [0.1, 0.15) is 23.4 Å². The van der Waals surface area contributed by atoms with Gasteiger partial charge in [-0.2, -0.15) is 5.26 Å². The van der Waals surface area contributed by atoms with E-state index < -0.39 is 0 Å². The summed E-state index contributed by atoms with van der Waals surface area (Å²) < 4.78 is 11.6. The molecule has 3 aromatic carbocycles. The fraction of sp³-hybridized carbons (Fsp3) is 0.394. The summed E-state index contributed by atoms with van der Waals surface area (Å²) in [5.41, 5.74) is 2.48. The summed E-state index contributed by atoms with van der Waals surface area (Å²) >= 11 is 0. The first-order chi connectivity index (χ1) is 19.9. The van der Waals surface area contributed by atoms with Gasteiger partial charge in [-0.25, -0.2) is 4.79 Å². The summed E-state index contributed by atoms with van der Waals surface area (Å²) in [6.45, 7) is 2.92. The van der Waals surface area contributed by atoms with Gasteiger partial charge in [-0.1, -0.05) is 12.1 Å². The maximum atomic E-state index is 13.1. The number of likely N-dealkylation sites (tertiary alicyclic amines) is 1. The Bertz CT molecular complexity index is 1320. The van der Waals surface area contributed by atoms with Crippen LogP contribution in [0.4, 0.5) is 10.5 Å². The molecular weight excluding hydrogens is 516 g/mol. The molecule has 0 radical (unpaired) electrons. The number of hydrogen-bond donors (Lipinski definition) is 2. The zero-order valence-electron chi connectivity index (χ0n) is 23.7. The average Bonchev–Trinajstić information content (AvgIpc) is 3.23. The van der Waals surface area contributed by atoms with Gasteiger partial charge >= 0.3 is 6.03 Å². The summed E-state index contributed by atoms with van der Waals surface area (Å²) in [6, 6.07) is 24.2. The lowest BCUT2D eigenvalue weighted by atomic mass is 9.92.